The molecule has 0 spiro atoms. The van der Waals surface area contributed by atoms with E-state index in [1.54, 1.807) is 34.8 Å². The summed E-state index contributed by atoms with van der Waals surface area (Å²) in [5.41, 5.74) is 2.17. The number of carbonyl (C=O) groups excluding carboxylic acids is 1. The zero-order valence-corrected chi connectivity index (χ0v) is 19.5. The molecule has 0 saturated heterocycles. The summed E-state index contributed by atoms with van der Waals surface area (Å²) in [5.74, 6) is 0.0321. The molecule has 0 N–H and O–H groups in total. The first kappa shape index (κ1) is 21.6. The number of nitrogens with zero attached hydrogens (tertiary/aromatic N) is 5. The summed E-state index contributed by atoms with van der Waals surface area (Å²) in [6.07, 6.45) is 9.42. The van der Waals surface area contributed by atoms with Crippen molar-refractivity contribution in [3.63, 3.8) is 0 Å². The number of hydrogen-bond acceptors (Lipinski definition) is 5. The summed E-state index contributed by atoms with van der Waals surface area (Å²) in [4.78, 5) is 39.0. The van der Waals surface area contributed by atoms with Crippen molar-refractivity contribution in [1.29, 1.82) is 0 Å². The van der Waals surface area contributed by atoms with Gasteiger partial charge in [-0.25, -0.2) is 9.97 Å². The number of hydrogen-bond donors (Lipinski definition) is 0. The molecule has 1 aliphatic heterocycles. The van der Waals surface area contributed by atoms with Gasteiger partial charge in [-0.15, -0.1) is 11.3 Å². The van der Waals surface area contributed by atoms with Crippen LogP contribution in [0.2, 0.25) is 0 Å². The van der Waals surface area contributed by atoms with Gasteiger partial charge in [0.25, 0.3) is 5.56 Å². The van der Waals surface area contributed by atoms with Gasteiger partial charge in [0.2, 0.25) is 5.91 Å². The van der Waals surface area contributed by atoms with Crippen LogP contribution in [-0.4, -0.2) is 36.5 Å². The van der Waals surface area contributed by atoms with Crippen molar-refractivity contribution in [2.24, 2.45) is 0 Å². The van der Waals surface area contributed by atoms with E-state index >= 15 is 0 Å². The average molecular weight is 462 g/mol. The summed E-state index contributed by atoms with van der Waals surface area (Å²) in [6, 6.07) is 10.00. The van der Waals surface area contributed by atoms with Gasteiger partial charge in [0.15, 0.2) is 0 Å². The first-order chi connectivity index (χ1) is 16.2. The van der Waals surface area contributed by atoms with Gasteiger partial charge in [-0.3, -0.25) is 14.2 Å². The van der Waals surface area contributed by atoms with Crippen LogP contribution in [0.1, 0.15) is 41.7 Å². The molecule has 33 heavy (non-hydrogen) atoms. The second-order valence-electron chi connectivity index (χ2n) is 8.46. The molecular weight excluding hydrogens is 434 g/mol. The van der Waals surface area contributed by atoms with Gasteiger partial charge in [-0.1, -0.05) is 37.3 Å². The van der Waals surface area contributed by atoms with Crippen LogP contribution in [0.4, 0.5) is 0 Å². The molecule has 1 aromatic carbocycles. The van der Waals surface area contributed by atoms with Gasteiger partial charge in [-0.2, -0.15) is 0 Å². The Bertz CT molecular complexity index is 1310. The minimum Gasteiger partial charge on any atom is -0.337 e. The van der Waals surface area contributed by atoms with Crippen LogP contribution in [0.3, 0.4) is 0 Å². The Labute approximate surface area is 196 Å². The third-order valence-corrected chi connectivity index (χ3v) is 7.55. The van der Waals surface area contributed by atoms with Crippen molar-refractivity contribution in [2.45, 2.75) is 51.7 Å². The number of carbonyl (C=O) groups is 1. The van der Waals surface area contributed by atoms with Crippen LogP contribution < -0.4 is 5.56 Å². The smallest absolute Gasteiger partial charge is 0.262 e. The molecule has 0 aliphatic carbocycles. The molecule has 1 atom stereocenters. The van der Waals surface area contributed by atoms with Crippen molar-refractivity contribution in [2.75, 3.05) is 6.54 Å². The van der Waals surface area contributed by atoms with Crippen LogP contribution in [0.15, 0.2) is 60.2 Å². The normalized spacial score (nSPS) is 14.4. The number of thiophene rings is 1. The van der Waals surface area contributed by atoms with Crippen molar-refractivity contribution >= 4 is 27.5 Å². The van der Waals surface area contributed by atoms with E-state index in [1.807, 2.05) is 46.0 Å². The number of benzene rings is 1. The fourth-order valence-electron chi connectivity index (χ4n) is 4.67. The topological polar surface area (TPSA) is 73.0 Å². The Hall–Kier alpha value is -3.26. The lowest BCUT2D eigenvalue weighted by Crippen LogP contribution is -2.38. The summed E-state index contributed by atoms with van der Waals surface area (Å²) >= 11 is 1.55. The number of amides is 1. The highest BCUT2D eigenvalue weighted by Crippen LogP contribution is 2.34. The largest absolute Gasteiger partial charge is 0.337 e. The SMILES string of the molecule is CCC(C(=O)N1CCc2c(sc3ncn(CCCn4ccnc4)c(=O)c23)C1)c1ccccc1. The maximum atomic E-state index is 13.3. The van der Waals surface area contributed by atoms with Gasteiger partial charge in [0, 0.05) is 36.9 Å². The Kier molecular flexibility index (Phi) is 6.09. The summed E-state index contributed by atoms with van der Waals surface area (Å²) in [6.45, 7) is 4.67. The number of fused-ring (bicyclic) bond motifs is 3. The van der Waals surface area contributed by atoms with E-state index in [1.165, 1.54) is 0 Å². The minimum absolute atomic E-state index is 0.0265. The second kappa shape index (κ2) is 9.31. The molecule has 1 amide bonds. The lowest BCUT2D eigenvalue weighted by Gasteiger charge is -2.30. The summed E-state index contributed by atoms with van der Waals surface area (Å²) in [7, 11) is 0. The van der Waals surface area contributed by atoms with E-state index in [4.69, 9.17) is 0 Å². The Morgan fingerprint density at radius 3 is 2.79 bits per heavy atom. The van der Waals surface area contributed by atoms with E-state index in [2.05, 4.69) is 16.9 Å². The molecule has 0 fully saturated rings. The minimum atomic E-state index is -0.132. The van der Waals surface area contributed by atoms with Crippen LogP contribution in [0.25, 0.3) is 10.2 Å². The third kappa shape index (κ3) is 4.23. The van der Waals surface area contributed by atoms with Gasteiger partial charge in [0.1, 0.15) is 4.83 Å². The van der Waals surface area contributed by atoms with E-state index in [-0.39, 0.29) is 17.4 Å². The molecular formula is C25H27N5O2S. The lowest BCUT2D eigenvalue weighted by atomic mass is 9.94. The van der Waals surface area contributed by atoms with Crippen LogP contribution >= 0.6 is 11.3 Å². The Morgan fingerprint density at radius 1 is 1.18 bits per heavy atom. The molecule has 1 unspecified atom stereocenters. The highest BCUT2D eigenvalue weighted by molar-refractivity contribution is 7.18. The third-order valence-electron chi connectivity index (χ3n) is 6.42. The molecule has 170 valence electrons. The Morgan fingerprint density at radius 2 is 2.03 bits per heavy atom. The van der Waals surface area contributed by atoms with E-state index < -0.39 is 0 Å². The van der Waals surface area contributed by atoms with E-state index in [0.29, 0.717) is 26.1 Å². The molecule has 8 heteroatoms. The molecule has 4 aromatic rings. The van der Waals surface area contributed by atoms with Crippen molar-refractivity contribution in [3.05, 3.63) is 81.7 Å². The zero-order valence-electron chi connectivity index (χ0n) is 18.7. The quantitative estimate of drug-likeness (QED) is 0.419. The monoisotopic (exact) mass is 461 g/mol. The van der Waals surface area contributed by atoms with Crippen molar-refractivity contribution < 1.29 is 4.79 Å². The number of rotatable bonds is 7. The number of imidazole rings is 1. The summed E-state index contributed by atoms with van der Waals surface area (Å²) in [5, 5.41) is 0.738. The molecule has 0 saturated carbocycles. The average Bonchev–Trinajstić information content (AvgIpc) is 3.49. The fraction of sp³-hybridized carbons (Fsp3) is 0.360. The molecule has 5 rings (SSSR count). The first-order valence-corrected chi connectivity index (χ1v) is 12.3. The standard InChI is InChI=1S/C25H27N5O2S/c1-2-19(18-7-4-3-5-8-18)24(31)29-13-9-20-21(15-29)33-23-22(20)25(32)30(17-27-23)12-6-11-28-14-10-26-16-28/h3-5,7-8,10,14,16-17,19H,2,6,9,11-13,15H2,1H3. The molecule has 0 radical (unpaired) electrons. The van der Waals surface area contributed by atoms with E-state index in [0.717, 1.165) is 45.6 Å². The zero-order chi connectivity index (χ0) is 22.8. The van der Waals surface area contributed by atoms with Crippen LogP contribution in [0, 0.1) is 0 Å². The number of aryl methyl sites for hydroxylation is 2. The van der Waals surface area contributed by atoms with Gasteiger partial charge < -0.3 is 9.47 Å². The lowest BCUT2D eigenvalue weighted by molar-refractivity contribution is -0.133. The van der Waals surface area contributed by atoms with E-state index in [9.17, 15) is 9.59 Å². The maximum absolute atomic E-state index is 13.3. The maximum Gasteiger partial charge on any atom is 0.262 e. The predicted molar refractivity (Wildman–Crippen MR) is 129 cm³/mol. The molecule has 0 bridgehead atoms. The molecule has 3 aromatic heterocycles. The predicted octanol–water partition coefficient (Wildman–Crippen LogP) is 3.82. The molecule has 1 aliphatic rings. The summed E-state index contributed by atoms with van der Waals surface area (Å²) < 4.78 is 3.72. The van der Waals surface area contributed by atoms with Gasteiger partial charge in [-0.05, 0) is 30.4 Å². The molecule has 7 nitrogen and oxygen atoms in total. The van der Waals surface area contributed by atoms with Gasteiger partial charge in [0.05, 0.1) is 30.5 Å². The van der Waals surface area contributed by atoms with Gasteiger partial charge >= 0.3 is 0 Å². The highest BCUT2D eigenvalue weighted by Gasteiger charge is 2.30. The highest BCUT2D eigenvalue weighted by atomic mass is 32.1. The number of aromatic nitrogens is 4. The van der Waals surface area contributed by atoms with Crippen LogP contribution in [0.5, 0.6) is 0 Å². The molecule has 4 heterocycles. The Balaban J connectivity index is 1.35. The van der Waals surface area contributed by atoms with Crippen LogP contribution in [-0.2, 0) is 30.8 Å². The second-order valence-corrected chi connectivity index (χ2v) is 9.55. The van der Waals surface area contributed by atoms with Crippen molar-refractivity contribution in [1.82, 2.24) is 24.0 Å². The first-order valence-electron chi connectivity index (χ1n) is 11.4. The fourth-order valence-corrected chi connectivity index (χ4v) is 5.86. The van der Waals surface area contributed by atoms with Crippen molar-refractivity contribution in [3.8, 4) is 0 Å².